The van der Waals surface area contributed by atoms with Crippen molar-refractivity contribution in [2.45, 2.75) is 90.0 Å². The molecule has 1 fully saturated rings. The lowest BCUT2D eigenvalue weighted by Crippen LogP contribution is -3.00. The molecule has 0 radical (unpaired) electrons. The van der Waals surface area contributed by atoms with Gasteiger partial charge in [-0.3, -0.25) is 0 Å². The molecule has 0 atom stereocenters. The van der Waals surface area contributed by atoms with Gasteiger partial charge >= 0.3 is 0 Å². The molecule has 31 heavy (non-hydrogen) atoms. The summed E-state index contributed by atoms with van der Waals surface area (Å²) in [5.41, 5.74) is 3.84. The zero-order valence-electron chi connectivity index (χ0n) is 18.7. The van der Waals surface area contributed by atoms with Gasteiger partial charge in [-0.15, -0.1) is 0 Å². The number of benzene rings is 2. The van der Waals surface area contributed by atoms with Crippen molar-refractivity contribution in [2.75, 3.05) is 0 Å². The molecule has 0 spiro atoms. The minimum absolute atomic E-state index is 0. The summed E-state index contributed by atoms with van der Waals surface area (Å²) in [7, 11) is 0. The molecule has 1 saturated carbocycles. The third-order valence-corrected chi connectivity index (χ3v) is 6.48. The number of hydrogen-bond donors (Lipinski definition) is 0. The summed E-state index contributed by atoms with van der Waals surface area (Å²) in [4.78, 5) is 0. The average molecular weight is 441 g/mol. The molecule has 3 nitrogen and oxygen atoms in total. The molecule has 4 heteroatoms. The Morgan fingerprint density at radius 2 is 1.32 bits per heavy atom. The summed E-state index contributed by atoms with van der Waals surface area (Å²) in [5, 5.41) is 0. The van der Waals surface area contributed by atoms with Gasteiger partial charge in [0.05, 0.1) is 6.10 Å². The van der Waals surface area contributed by atoms with Crippen LogP contribution in [0.1, 0.15) is 76.2 Å². The van der Waals surface area contributed by atoms with Gasteiger partial charge in [0.25, 0.3) is 0 Å². The molecule has 4 rings (SSSR count). The number of fused-ring (bicyclic) bond motifs is 1. The van der Waals surface area contributed by atoms with E-state index in [9.17, 15) is 0 Å². The number of rotatable bonds is 5. The maximum Gasteiger partial charge on any atom is 0.246 e. The summed E-state index contributed by atoms with van der Waals surface area (Å²) in [6.07, 6.45) is 17.5. The second-order valence-electron chi connectivity index (χ2n) is 8.86. The zero-order chi connectivity index (χ0) is 20.4. The fourth-order valence-electron chi connectivity index (χ4n) is 4.73. The topological polar surface area (TPSA) is 18.0 Å². The molecule has 0 unspecified atom stereocenters. The fourth-order valence-corrected chi connectivity index (χ4v) is 4.73. The Bertz CT molecular complexity index is 881. The summed E-state index contributed by atoms with van der Waals surface area (Å²) >= 11 is 0. The summed E-state index contributed by atoms with van der Waals surface area (Å²) in [5.74, 6) is 0. The lowest BCUT2D eigenvalue weighted by atomic mass is 9.99. The molecule has 1 aliphatic rings. The Balaban J connectivity index is 0.00000272. The summed E-state index contributed by atoms with van der Waals surface area (Å²) in [6.45, 7) is 1.53. The van der Waals surface area contributed by atoms with Gasteiger partial charge in [-0.1, -0.05) is 100 Å². The van der Waals surface area contributed by atoms with Crippen LogP contribution in [0.4, 0.5) is 0 Å². The van der Waals surface area contributed by atoms with Crippen molar-refractivity contribution >= 4 is 11.0 Å². The molecular formula is C27H37ClN2O. The van der Waals surface area contributed by atoms with Crippen LogP contribution in [0.25, 0.3) is 11.0 Å². The van der Waals surface area contributed by atoms with Crippen LogP contribution in [0.15, 0.2) is 60.9 Å². The Morgan fingerprint density at radius 1 is 0.742 bits per heavy atom. The standard InChI is InChI=1S/C27H37N2O.ClH/c1-2-4-6-11-17-25(18-12-7-5-3-1)30-23-29-22-28(21-24-15-9-8-10-16-24)26-19-13-14-20-27(26)29;/h8-10,13-16,19-20,22,25H,1-7,11-12,17-18,21,23H2;1H/q+1;/p-1. The average Bonchev–Trinajstić information content (AvgIpc) is 3.12. The molecule has 1 aliphatic carbocycles. The number of nitrogens with zero attached hydrogens (tertiary/aromatic N) is 2. The molecule has 1 heterocycles. The predicted octanol–water partition coefficient (Wildman–Crippen LogP) is 3.63. The predicted molar refractivity (Wildman–Crippen MR) is 123 cm³/mol. The SMILES string of the molecule is [Cl-].c1ccc(C[n+]2cn(COC3CCCCCCCCCCC3)c3ccccc32)cc1. The van der Waals surface area contributed by atoms with Gasteiger partial charge in [0.1, 0.15) is 6.54 Å². The third-order valence-electron chi connectivity index (χ3n) is 6.48. The van der Waals surface area contributed by atoms with E-state index in [-0.39, 0.29) is 12.4 Å². The highest BCUT2D eigenvalue weighted by atomic mass is 35.5. The second-order valence-corrected chi connectivity index (χ2v) is 8.86. The number of ether oxygens (including phenoxy) is 1. The first-order valence-corrected chi connectivity index (χ1v) is 12.0. The molecule has 0 bridgehead atoms. The van der Waals surface area contributed by atoms with Crippen LogP contribution < -0.4 is 17.0 Å². The van der Waals surface area contributed by atoms with E-state index in [1.807, 2.05) is 0 Å². The molecule has 0 saturated heterocycles. The van der Waals surface area contributed by atoms with Gasteiger partial charge in [0.15, 0.2) is 17.8 Å². The highest BCUT2D eigenvalue weighted by Crippen LogP contribution is 2.20. The van der Waals surface area contributed by atoms with Crippen molar-refractivity contribution in [3.8, 4) is 0 Å². The van der Waals surface area contributed by atoms with Crippen molar-refractivity contribution in [2.24, 2.45) is 0 Å². The van der Waals surface area contributed by atoms with E-state index in [0.29, 0.717) is 12.8 Å². The van der Waals surface area contributed by atoms with E-state index in [1.165, 1.54) is 87.2 Å². The first kappa shape index (κ1) is 23.8. The normalized spacial score (nSPS) is 16.9. The number of hydrogen-bond acceptors (Lipinski definition) is 1. The van der Waals surface area contributed by atoms with Gasteiger partial charge in [-0.2, -0.15) is 0 Å². The number of aromatic nitrogens is 2. The van der Waals surface area contributed by atoms with E-state index in [1.54, 1.807) is 0 Å². The maximum atomic E-state index is 6.49. The maximum absolute atomic E-state index is 6.49. The zero-order valence-corrected chi connectivity index (χ0v) is 19.5. The van der Waals surface area contributed by atoms with Crippen LogP contribution >= 0.6 is 0 Å². The van der Waals surface area contributed by atoms with Crippen molar-refractivity contribution in [3.05, 3.63) is 66.5 Å². The molecule has 168 valence electrons. The number of halogens is 1. The third kappa shape index (κ3) is 7.08. The molecule has 0 aliphatic heterocycles. The van der Waals surface area contributed by atoms with E-state index in [4.69, 9.17) is 4.74 Å². The van der Waals surface area contributed by atoms with Crippen molar-refractivity contribution < 1.29 is 21.7 Å². The van der Waals surface area contributed by atoms with Crippen LogP contribution in [0.3, 0.4) is 0 Å². The smallest absolute Gasteiger partial charge is 0.246 e. The van der Waals surface area contributed by atoms with Crippen LogP contribution in [-0.2, 0) is 18.0 Å². The molecule has 3 aromatic rings. The van der Waals surface area contributed by atoms with Gasteiger partial charge < -0.3 is 17.1 Å². The fraction of sp³-hybridized carbons (Fsp3) is 0.519. The number of imidazole rings is 1. The first-order chi connectivity index (χ1) is 14.9. The van der Waals surface area contributed by atoms with E-state index >= 15 is 0 Å². The highest BCUT2D eigenvalue weighted by Gasteiger charge is 2.17. The van der Waals surface area contributed by atoms with E-state index in [2.05, 4.69) is 70.1 Å². The van der Waals surface area contributed by atoms with Crippen LogP contribution in [0.5, 0.6) is 0 Å². The number of para-hydroxylation sites is 2. The van der Waals surface area contributed by atoms with Gasteiger partial charge in [0.2, 0.25) is 6.33 Å². The lowest BCUT2D eigenvalue weighted by Gasteiger charge is -2.17. The van der Waals surface area contributed by atoms with Crippen LogP contribution in [0, 0.1) is 0 Å². The van der Waals surface area contributed by atoms with Crippen LogP contribution in [-0.4, -0.2) is 10.7 Å². The molecule has 2 aromatic carbocycles. The largest absolute Gasteiger partial charge is 1.00 e. The minimum atomic E-state index is 0. The molecular weight excluding hydrogens is 404 g/mol. The first-order valence-electron chi connectivity index (χ1n) is 12.0. The Kier molecular flexibility index (Phi) is 9.89. The van der Waals surface area contributed by atoms with Gasteiger partial charge in [0, 0.05) is 0 Å². The van der Waals surface area contributed by atoms with Crippen LogP contribution in [0.2, 0.25) is 0 Å². The highest BCUT2D eigenvalue weighted by molar-refractivity contribution is 5.71. The van der Waals surface area contributed by atoms with Crippen molar-refractivity contribution in [3.63, 3.8) is 0 Å². The van der Waals surface area contributed by atoms with Crippen molar-refractivity contribution in [1.29, 1.82) is 0 Å². The monoisotopic (exact) mass is 440 g/mol. The summed E-state index contributed by atoms with van der Waals surface area (Å²) in [6, 6.07) is 19.4. The van der Waals surface area contributed by atoms with Gasteiger partial charge in [-0.25, -0.2) is 9.13 Å². The Labute approximate surface area is 193 Å². The second kappa shape index (κ2) is 12.9. The van der Waals surface area contributed by atoms with E-state index in [0.717, 1.165) is 6.54 Å². The Morgan fingerprint density at radius 3 is 2.00 bits per heavy atom. The lowest BCUT2D eigenvalue weighted by molar-refractivity contribution is -0.663. The quantitative estimate of drug-likeness (QED) is 0.554. The van der Waals surface area contributed by atoms with E-state index < -0.39 is 0 Å². The molecule has 0 amide bonds. The summed E-state index contributed by atoms with van der Waals surface area (Å²) < 4.78 is 11.1. The molecule has 0 N–H and O–H groups in total. The van der Waals surface area contributed by atoms with Crippen molar-refractivity contribution in [1.82, 2.24) is 4.57 Å². The van der Waals surface area contributed by atoms with Gasteiger partial charge in [-0.05, 0) is 30.5 Å². The molecule has 1 aromatic heterocycles. The minimum Gasteiger partial charge on any atom is -1.00 e. The Hall–Kier alpha value is -1.84.